The summed E-state index contributed by atoms with van der Waals surface area (Å²) >= 11 is 0. The van der Waals surface area contributed by atoms with Gasteiger partial charge in [0, 0.05) is 37.0 Å². The molecule has 0 aromatic carbocycles. The second-order valence-corrected chi connectivity index (χ2v) is 4.08. The Bertz CT molecular complexity index is 459. The molecule has 0 aliphatic carbocycles. The van der Waals surface area contributed by atoms with Crippen LogP contribution >= 0.6 is 0 Å². The molecule has 0 saturated carbocycles. The molecular formula is C13H17N3O. The van der Waals surface area contributed by atoms with Crippen molar-refractivity contribution < 1.29 is 4.42 Å². The molecule has 2 rings (SSSR count). The number of furan rings is 1. The quantitative estimate of drug-likeness (QED) is 0.829. The molecule has 0 aliphatic heterocycles. The number of hydrogen-bond donors (Lipinski definition) is 1. The molecule has 0 aliphatic rings. The zero-order valence-electron chi connectivity index (χ0n) is 9.97. The van der Waals surface area contributed by atoms with Gasteiger partial charge in [-0.3, -0.25) is 0 Å². The minimum Gasteiger partial charge on any atom is -0.469 e. The maximum Gasteiger partial charge on any atom is 0.105 e. The largest absolute Gasteiger partial charge is 0.469 e. The molecule has 4 heteroatoms. The third-order valence-corrected chi connectivity index (χ3v) is 2.58. The molecule has 90 valence electrons. The van der Waals surface area contributed by atoms with Gasteiger partial charge in [-0.2, -0.15) is 5.10 Å². The summed E-state index contributed by atoms with van der Waals surface area (Å²) in [5.74, 6) is 1.01. The van der Waals surface area contributed by atoms with E-state index in [0.717, 1.165) is 24.3 Å². The molecule has 1 unspecified atom stereocenters. The summed E-state index contributed by atoms with van der Waals surface area (Å²) in [6.07, 6.45) is 8.07. The van der Waals surface area contributed by atoms with E-state index in [1.54, 1.807) is 17.1 Å². The third kappa shape index (κ3) is 3.32. The fourth-order valence-corrected chi connectivity index (χ4v) is 1.66. The lowest BCUT2D eigenvalue weighted by Gasteiger charge is -2.11. The molecule has 1 N–H and O–H groups in total. The fraction of sp³-hybridized carbons (Fsp3) is 0.308. The summed E-state index contributed by atoms with van der Waals surface area (Å²) in [4.78, 5) is 0. The van der Waals surface area contributed by atoms with Crippen LogP contribution < -0.4 is 5.32 Å². The summed E-state index contributed by atoms with van der Waals surface area (Å²) < 4.78 is 7.01. The summed E-state index contributed by atoms with van der Waals surface area (Å²) in [5, 5.41) is 7.56. The van der Waals surface area contributed by atoms with Crippen molar-refractivity contribution in [3.63, 3.8) is 0 Å². The van der Waals surface area contributed by atoms with Crippen LogP contribution in [0.5, 0.6) is 0 Å². The Morgan fingerprint density at radius 3 is 3.18 bits per heavy atom. The highest BCUT2D eigenvalue weighted by Crippen LogP contribution is 2.05. The van der Waals surface area contributed by atoms with E-state index in [4.69, 9.17) is 4.42 Å². The van der Waals surface area contributed by atoms with Crippen LogP contribution in [0.3, 0.4) is 0 Å². The number of aromatic nitrogens is 2. The maximum absolute atomic E-state index is 5.31. The summed E-state index contributed by atoms with van der Waals surface area (Å²) in [6.45, 7) is 6.60. The zero-order valence-corrected chi connectivity index (χ0v) is 9.97. The van der Waals surface area contributed by atoms with Gasteiger partial charge in [-0.05, 0) is 19.1 Å². The number of rotatable bonds is 6. The second kappa shape index (κ2) is 5.50. The first-order chi connectivity index (χ1) is 8.28. The lowest BCUT2D eigenvalue weighted by atomic mass is 10.2. The van der Waals surface area contributed by atoms with E-state index in [2.05, 4.69) is 23.9 Å². The van der Waals surface area contributed by atoms with Gasteiger partial charge in [-0.25, -0.2) is 4.68 Å². The summed E-state index contributed by atoms with van der Waals surface area (Å²) in [5.41, 5.74) is 1.15. The Morgan fingerprint density at radius 2 is 2.53 bits per heavy atom. The van der Waals surface area contributed by atoms with Crippen molar-refractivity contribution in [3.8, 4) is 0 Å². The van der Waals surface area contributed by atoms with Gasteiger partial charge in [0.1, 0.15) is 5.76 Å². The molecule has 0 saturated heterocycles. The molecule has 0 radical (unpaired) electrons. The van der Waals surface area contributed by atoms with Crippen LogP contribution in [-0.4, -0.2) is 15.8 Å². The Balaban J connectivity index is 1.79. The molecule has 17 heavy (non-hydrogen) atoms. The molecule has 0 bridgehead atoms. The number of nitrogens with zero attached hydrogens (tertiary/aromatic N) is 2. The Kier molecular flexibility index (Phi) is 3.77. The Labute approximate surface area is 101 Å². The van der Waals surface area contributed by atoms with E-state index in [-0.39, 0.29) is 0 Å². The molecule has 0 fully saturated rings. The highest BCUT2D eigenvalue weighted by Gasteiger charge is 2.05. The molecule has 2 heterocycles. The van der Waals surface area contributed by atoms with Crippen LogP contribution in [0.25, 0.3) is 6.20 Å². The number of nitrogens with one attached hydrogen (secondary N) is 1. The van der Waals surface area contributed by atoms with Gasteiger partial charge in [0.25, 0.3) is 0 Å². The van der Waals surface area contributed by atoms with Crippen LogP contribution in [0.1, 0.15) is 18.2 Å². The molecule has 4 nitrogen and oxygen atoms in total. The third-order valence-electron chi connectivity index (χ3n) is 2.58. The second-order valence-electron chi connectivity index (χ2n) is 4.08. The molecule has 0 amide bonds. The minimum absolute atomic E-state index is 0.369. The normalized spacial score (nSPS) is 12.5. The summed E-state index contributed by atoms with van der Waals surface area (Å²) in [7, 11) is 0. The van der Waals surface area contributed by atoms with Crippen LogP contribution in [-0.2, 0) is 13.0 Å². The van der Waals surface area contributed by atoms with Crippen molar-refractivity contribution in [2.24, 2.45) is 0 Å². The maximum atomic E-state index is 5.31. The average molecular weight is 231 g/mol. The first kappa shape index (κ1) is 11.7. The molecular weight excluding hydrogens is 214 g/mol. The van der Waals surface area contributed by atoms with Crippen LogP contribution in [0, 0.1) is 0 Å². The minimum atomic E-state index is 0.369. The van der Waals surface area contributed by atoms with Gasteiger partial charge in [-0.15, -0.1) is 0 Å². The Morgan fingerprint density at radius 1 is 1.65 bits per heavy atom. The van der Waals surface area contributed by atoms with Gasteiger partial charge >= 0.3 is 0 Å². The van der Waals surface area contributed by atoms with E-state index in [1.807, 2.05) is 24.5 Å². The van der Waals surface area contributed by atoms with Crippen LogP contribution in [0.15, 0.2) is 41.8 Å². The molecule has 2 aromatic rings. The molecule has 1 atom stereocenters. The predicted octanol–water partition coefficient (Wildman–Crippen LogP) is 2.30. The standard InChI is InChI=1S/C13H17N3O/c1-3-16-10-12(9-15-16)8-14-11(2)7-13-5-4-6-17-13/h3-6,9-11,14H,1,7-8H2,2H3. The topological polar surface area (TPSA) is 43.0 Å². The summed E-state index contributed by atoms with van der Waals surface area (Å²) in [6, 6.07) is 4.28. The molecule has 0 spiro atoms. The smallest absolute Gasteiger partial charge is 0.105 e. The SMILES string of the molecule is C=Cn1cc(CNC(C)Cc2ccco2)cn1. The van der Waals surface area contributed by atoms with Gasteiger partial charge in [0.2, 0.25) is 0 Å². The van der Waals surface area contributed by atoms with Crippen molar-refractivity contribution in [2.45, 2.75) is 25.9 Å². The Hall–Kier alpha value is -1.81. The number of hydrogen-bond acceptors (Lipinski definition) is 3. The van der Waals surface area contributed by atoms with Gasteiger partial charge in [-0.1, -0.05) is 6.58 Å². The van der Waals surface area contributed by atoms with Crippen molar-refractivity contribution in [2.75, 3.05) is 0 Å². The molecule has 2 aromatic heterocycles. The van der Waals surface area contributed by atoms with E-state index in [9.17, 15) is 0 Å². The zero-order chi connectivity index (χ0) is 12.1. The van der Waals surface area contributed by atoms with Crippen molar-refractivity contribution >= 4 is 6.20 Å². The van der Waals surface area contributed by atoms with E-state index in [1.165, 1.54) is 0 Å². The van der Waals surface area contributed by atoms with Crippen LogP contribution in [0.4, 0.5) is 0 Å². The van der Waals surface area contributed by atoms with Crippen molar-refractivity contribution in [3.05, 3.63) is 48.7 Å². The highest BCUT2D eigenvalue weighted by atomic mass is 16.3. The lowest BCUT2D eigenvalue weighted by Crippen LogP contribution is -2.27. The fourth-order valence-electron chi connectivity index (χ4n) is 1.66. The monoisotopic (exact) mass is 231 g/mol. The van der Waals surface area contributed by atoms with Gasteiger partial charge in [0.05, 0.1) is 12.5 Å². The van der Waals surface area contributed by atoms with Gasteiger partial charge in [0.15, 0.2) is 0 Å². The van der Waals surface area contributed by atoms with Crippen molar-refractivity contribution in [1.29, 1.82) is 0 Å². The van der Waals surface area contributed by atoms with Crippen LogP contribution in [0.2, 0.25) is 0 Å². The van der Waals surface area contributed by atoms with E-state index in [0.29, 0.717) is 6.04 Å². The van der Waals surface area contributed by atoms with Crippen molar-refractivity contribution in [1.82, 2.24) is 15.1 Å². The highest BCUT2D eigenvalue weighted by molar-refractivity contribution is 5.17. The lowest BCUT2D eigenvalue weighted by molar-refractivity contribution is 0.456. The predicted molar refractivity (Wildman–Crippen MR) is 67.3 cm³/mol. The van der Waals surface area contributed by atoms with E-state index < -0.39 is 0 Å². The van der Waals surface area contributed by atoms with E-state index >= 15 is 0 Å². The average Bonchev–Trinajstić information content (AvgIpc) is 2.96. The van der Waals surface area contributed by atoms with Gasteiger partial charge < -0.3 is 9.73 Å². The first-order valence-corrected chi connectivity index (χ1v) is 5.69. The first-order valence-electron chi connectivity index (χ1n) is 5.69.